The first kappa shape index (κ1) is 27.7. The second-order valence-electron chi connectivity index (χ2n) is 10.0. The van der Waals surface area contributed by atoms with Crippen LogP contribution in [0.3, 0.4) is 0 Å². The fourth-order valence-corrected chi connectivity index (χ4v) is 4.49. The first-order valence-electron chi connectivity index (χ1n) is 12.2. The van der Waals surface area contributed by atoms with E-state index in [-0.39, 0.29) is 42.3 Å². The summed E-state index contributed by atoms with van der Waals surface area (Å²) in [7, 11) is 3.08. The van der Waals surface area contributed by atoms with E-state index in [4.69, 9.17) is 14.9 Å². The number of ketones is 1. The van der Waals surface area contributed by atoms with Gasteiger partial charge in [0.2, 0.25) is 0 Å². The van der Waals surface area contributed by atoms with Crippen molar-refractivity contribution in [3.63, 3.8) is 0 Å². The maximum absolute atomic E-state index is 13.5. The number of ether oxygens (including phenoxy) is 2. The number of carboxylic acids is 1. The lowest BCUT2D eigenvalue weighted by Gasteiger charge is -2.25. The Hall–Kier alpha value is -3.88. The summed E-state index contributed by atoms with van der Waals surface area (Å²) in [5.41, 5.74) is 3.31. The Bertz CT molecular complexity index is 1250. The molecule has 9 nitrogen and oxygen atoms in total. The molecule has 0 aromatic heterocycles. The number of methoxy groups -OCH3 is 1. The van der Waals surface area contributed by atoms with E-state index < -0.39 is 5.97 Å². The normalized spacial score (nSPS) is 12.8. The maximum Gasteiger partial charge on any atom is 0.303 e. The number of hydrogen-bond donors (Lipinski definition) is 3. The maximum atomic E-state index is 13.5. The van der Waals surface area contributed by atoms with Crippen LogP contribution < -0.4 is 14.8 Å². The molecule has 0 atom stereocenters. The molecule has 2 aromatic carbocycles. The minimum absolute atomic E-state index is 0.0406. The molecule has 2 aromatic rings. The molecule has 3 rings (SSSR count). The molecule has 0 bridgehead atoms. The lowest BCUT2D eigenvalue weighted by Crippen LogP contribution is -2.30. The van der Waals surface area contributed by atoms with Crippen molar-refractivity contribution in [2.24, 2.45) is 0 Å². The number of nitrogens with one attached hydrogen (secondary N) is 2. The van der Waals surface area contributed by atoms with Crippen LogP contribution in [-0.2, 0) is 23.2 Å². The summed E-state index contributed by atoms with van der Waals surface area (Å²) in [4.78, 5) is 38.7. The number of carboxylic acid groups (broad SMARTS) is 1. The van der Waals surface area contributed by atoms with Crippen molar-refractivity contribution < 1.29 is 29.0 Å². The fourth-order valence-electron chi connectivity index (χ4n) is 4.49. The molecular weight excluding hydrogens is 474 g/mol. The molecule has 0 saturated heterocycles. The number of carbonyl (C=O) groups excluding carboxylic acids is 2. The average molecular weight is 510 g/mol. The van der Waals surface area contributed by atoms with Crippen molar-refractivity contribution in [1.29, 1.82) is 5.41 Å². The summed E-state index contributed by atoms with van der Waals surface area (Å²) in [6, 6.07) is 6.90. The summed E-state index contributed by atoms with van der Waals surface area (Å²) >= 11 is 0. The number of Topliss-reactive ketones (excluding diaryl/α,β-unsaturated/α-hetero) is 1. The Labute approximate surface area is 217 Å². The van der Waals surface area contributed by atoms with Crippen LogP contribution in [0.1, 0.15) is 77.1 Å². The van der Waals surface area contributed by atoms with E-state index in [0.29, 0.717) is 46.9 Å². The Morgan fingerprint density at radius 1 is 1.16 bits per heavy atom. The van der Waals surface area contributed by atoms with E-state index in [9.17, 15) is 19.5 Å². The Morgan fingerprint density at radius 3 is 2.43 bits per heavy atom. The van der Waals surface area contributed by atoms with Crippen LogP contribution in [0.5, 0.6) is 11.5 Å². The largest absolute Gasteiger partial charge is 0.496 e. The van der Waals surface area contributed by atoms with Gasteiger partial charge in [0.1, 0.15) is 17.3 Å². The first-order valence-corrected chi connectivity index (χ1v) is 12.2. The summed E-state index contributed by atoms with van der Waals surface area (Å²) in [5.74, 6) is -0.241. The van der Waals surface area contributed by atoms with Gasteiger partial charge in [-0.15, -0.1) is 0 Å². The average Bonchev–Trinajstić information content (AvgIpc) is 3.14. The lowest BCUT2D eigenvalue weighted by molar-refractivity contribution is -0.136. The van der Waals surface area contributed by atoms with Gasteiger partial charge in [-0.3, -0.25) is 19.8 Å². The second-order valence-corrected chi connectivity index (χ2v) is 10.0. The van der Waals surface area contributed by atoms with Gasteiger partial charge in [0, 0.05) is 36.7 Å². The molecule has 0 unspecified atom stereocenters. The number of amides is 1. The van der Waals surface area contributed by atoms with Gasteiger partial charge in [0.05, 0.1) is 25.8 Å². The quantitative estimate of drug-likeness (QED) is 0.416. The second kappa shape index (κ2) is 11.0. The summed E-state index contributed by atoms with van der Waals surface area (Å²) in [6.07, 6.45) is 0.148. The number of benzene rings is 2. The molecule has 1 amide bonds. The van der Waals surface area contributed by atoms with Gasteiger partial charge in [0.25, 0.3) is 5.91 Å². The number of aryl methyl sites for hydroxylation is 1. The fraction of sp³-hybridized carbons (Fsp3) is 0.429. The third-order valence-corrected chi connectivity index (χ3v) is 6.35. The lowest BCUT2D eigenvalue weighted by atomic mass is 9.83. The van der Waals surface area contributed by atoms with Crippen LogP contribution in [-0.4, -0.2) is 60.8 Å². The molecule has 0 spiro atoms. The highest BCUT2D eigenvalue weighted by atomic mass is 16.5. The van der Waals surface area contributed by atoms with E-state index in [1.54, 1.807) is 36.3 Å². The number of rotatable bonds is 10. The van der Waals surface area contributed by atoms with Crippen LogP contribution in [0.25, 0.3) is 0 Å². The van der Waals surface area contributed by atoms with Gasteiger partial charge < -0.3 is 24.8 Å². The minimum atomic E-state index is -0.929. The van der Waals surface area contributed by atoms with E-state index in [0.717, 1.165) is 11.1 Å². The third-order valence-electron chi connectivity index (χ3n) is 6.35. The summed E-state index contributed by atoms with van der Waals surface area (Å²) in [5, 5.41) is 20.5. The van der Waals surface area contributed by atoms with Crippen LogP contribution in [0.4, 0.5) is 0 Å². The van der Waals surface area contributed by atoms with E-state index in [2.05, 4.69) is 5.32 Å². The molecule has 0 aliphatic carbocycles. The highest BCUT2D eigenvalue weighted by Crippen LogP contribution is 2.36. The number of aliphatic carboxylic acids is 1. The summed E-state index contributed by atoms with van der Waals surface area (Å²) < 4.78 is 11.3. The highest BCUT2D eigenvalue weighted by molar-refractivity contribution is 6.07. The zero-order valence-electron chi connectivity index (χ0n) is 22.3. The molecule has 198 valence electrons. The Balaban J connectivity index is 1.94. The van der Waals surface area contributed by atoms with E-state index in [1.165, 1.54) is 7.05 Å². The van der Waals surface area contributed by atoms with Crippen LogP contribution in [0, 0.1) is 5.41 Å². The zero-order chi connectivity index (χ0) is 27.5. The van der Waals surface area contributed by atoms with Gasteiger partial charge in [0.15, 0.2) is 5.78 Å². The van der Waals surface area contributed by atoms with E-state index in [1.807, 2.05) is 27.7 Å². The third kappa shape index (κ3) is 5.93. The number of amidine groups is 1. The van der Waals surface area contributed by atoms with Crippen molar-refractivity contribution in [3.05, 3.63) is 57.6 Å². The SMILES string of the molecule is CCOc1cc2c(cc1C(=O)NC)C(=N)N(CC(=O)c1cc(CCC(=O)O)c(OC)c(C(C)(C)C)c1)C2. The predicted molar refractivity (Wildman–Crippen MR) is 140 cm³/mol. The molecule has 1 aliphatic rings. The highest BCUT2D eigenvalue weighted by Gasteiger charge is 2.30. The number of nitrogens with zero attached hydrogens (tertiary/aromatic N) is 1. The van der Waals surface area contributed by atoms with Gasteiger partial charge >= 0.3 is 5.97 Å². The molecule has 1 aliphatic heterocycles. The molecule has 1 heterocycles. The van der Waals surface area contributed by atoms with Crippen molar-refractivity contribution >= 4 is 23.5 Å². The van der Waals surface area contributed by atoms with Crippen molar-refractivity contribution in [2.45, 2.75) is 52.5 Å². The molecular formula is C28H35N3O6. The molecule has 0 saturated carbocycles. The van der Waals surface area contributed by atoms with Gasteiger partial charge in [-0.1, -0.05) is 20.8 Å². The molecule has 0 radical (unpaired) electrons. The number of carbonyl (C=O) groups is 3. The van der Waals surface area contributed by atoms with Gasteiger partial charge in [-0.2, -0.15) is 0 Å². The van der Waals surface area contributed by atoms with E-state index >= 15 is 0 Å². The smallest absolute Gasteiger partial charge is 0.303 e. The first-order chi connectivity index (χ1) is 17.4. The van der Waals surface area contributed by atoms with Crippen molar-refractivity contribution in [3.8, 4) is 11.5 Å². The standard InChI is InChI=1S/C28H35N3O6/c1-7-37-23-12-18-14-31(26(29)19(18)13-20(23)27(35)30-5)15-22(32)17-10-16(8-9-24(33)34)25(36-6)21(11-17)28(2,3)4/h10-13,29H,7-9,14-15H2,1-6H3,(H,30,35)(H,33,34). The number of fused-ring (bicyclic) bond motifs is 1. The number of hydrogen-bond acceptors (Lipinski definition) is 6. The molecule has 9 heteroatoms. The Kier molecular flexibility index (Phi) is 8.25. The Morgan fingerprint density at radius 2 is 1.86 bits per heavy atom. The van der Waals surface area contributed by atoms with Crippen LogP contribution >= 0.6 is 0 Å². The van der Waals surface area contributed by atoms with Crippen LogP contribution in [0.15, 0.2) is 24.3 Å². The predicted octanol–water partition coefficient (Wildman–Crippen LogP) is 3.79. The van der Waals surface area contributed by atoms with Gasteiger partial charge in [-0.25, -0.2) is 0 Å². The van der Waals surface area contributed by atoms with Crippen molar-refractivity contribution in [2.75, 3.05) is 27.3 Å². The monoisotopic (exact) mass is 509 g/mol. The van der Waals surface area contributed by atoms with Crippen LogP contribution in [0.2, 0.25) is 0 Å². The summed E-state index contributed by atoms with van der Waals surface area (Å²) in [6.45, 7) is 8.54. The van der Waals surface area contributed by atoms with Crippen molar-refractivity contribution in [1.82, 2.24) is 10.2 Å². The van der Waals surface area contributed by atoms with Gasteiger partial charge in [-0.05, 0) is 54.2 Å². The molecule has 3 N–H and O–H groups in total. The molecule has 37 heavy (non-hydrogen) atoms. The topological polar surface area (TPSA) is 129 Å². The zero-order valence-corrected chi connectivity index (χ0v) is 22.3. The minimum Gasteiger partial charge on any atom is -0.496 e. The molecule has 0 fully saturated rings.